The fourth-order valence-electron chi connectivity index (χ4n) is 4.13. The van der Waals surface area contributed by atoms with Crippen molar-refractivity contribution < 1.29 is 34.4 Å². The van der Waals surface area contributed by atoms with E-state index in [4.69, 9.17) is 14.5 Å². The van der Waals surface area contributed by atoms with E-state index >= 15 is 0 Å². The number of furan rings is 1. The standard InChI is InChI=1S/C24H20NOSi.C5H8O2.Ir/c1-27(2,3)22-15-17(14-16-8-4-5-9-18(16)22)23-20-12-13-26-24(20)19-10-6-7-11-21(19)25-23;1-4(6)3-5(2)7;/h4-13,15H,1-3H3;3,6H,1-2H3;/q-1;;/b;4-3-;. The minimum atomic E-state index is -1.54. The van der Waals surface area contributed by atoms with Crippen LogP contribution in [-0.2, 0) is 24.9 Å². The summed E-state index contributed by atoms with van der Waals surface area (Å²) in [7, 11) is -1.54. The molecule has 0 fully saturated rings. The molecule has 6 heteroatoms. The van der Waals surface area contributed by atoms with Crippen LogP contribution in [-0.4, -0.2) is 23.9 Å². The number of rotatable bonds is 3. The van der Waals surface area contributed by atoms with Gasteiger partial charge in [-0.1, -0.05) is 60.9 Å². The predicted molar refractivity (Wildman–Crippen MR) is 143 cm³/mol. The van der Waals surface area contributed by atoms with Crippen LogP contribution < -0.4 is 5.19 Å². The molecule has 0 saturated heterocycles. The van der Waals surface area contributed by atoms with E-state index in [0.717, 1.165) is 38.5 Å². The van der Waals surface area contributed by atoms with Gasteiger partial charge in [-0.3, -0.25) is 9.78 Å². The van der Waals surface area contributed by atoms with Crippen molar-refractivity contribution >= 4 is 51.7 Å². The largest absolute Gasteiger partial charge is 0.512 e. The van der Waals surface area contributed by atoms with Gasteiger partial charge in [-0.05, 0) is 32.0 Å². The molecule has 0 aliphatic carbocycles. The second kappa shape index (κ2) is 10.7. The summed E-state index contributed by atoms with van der Waals surface area (Å²) in [5, 5.41) is 14.4. The number of carbonyl (C=O) groups is 1. The van der Waals surface area contributed by atoms with E-state index in [9.17, 15) is 4.79 Å². The smallest absolute Gasteiger partial charge is 0.155 e. The monoisotopic (exact) mass is 659 g/mol. The van der Waals surface area contributed by atoms with Crippen molar-refractivity contribution in [3.05, 3.63) is 84.8 Å². The van der Waals surface area contributed by atoms with Crippen LogP contribution in [0.5, 0.6) is 0 Å². The first-order valence-electron chi connectivity index (χ1n) is 11.2. The number of ketones is 1. The summed E-state index contributed by atoms with van der Waals surface area (Å²) in [6.07, 6.45) is 2.92. The van der Waals surface area contributed by atoms with E-state index in [0.29, 0.717) is 0 Å². The van der Waals surface area contributed by atoms with Gasteiger partial charge in [-0.25, -0.2) is 0 Å². The van der Waals surface area contributed by atoms with Gasteiger partial charge in [0.15, 0.2) is 5.78 Å². The van der Waals surface area contributed by atoms with E-state index in [1.807, 2.05) is 24.3 Å². The Morgan fingerprint density at radius 2 is 1.63 bits per heavy atom. The maximum absolute atomic E-state index is 10.0. The van der Waals surface area contributed by atoms with E-state index in [2.05, 4.69) is 62.1 Å². The minimum absolute atomic E-state index is 0. The molecular formula is C29H28IrNO3Si-. The van der Waals surface area contributed by atoms with Gasteiger partial charge in [0.1, 0.15) is 5.58 Å². The van der Waals surface area contributed by atoms with Gasteiger partial charge in [0.05, 0.1) is 25.6 Å². The molecule has 0 unspecified atom stereocenters. The first-order chi connectivity index (χ1) is 16.1. The van der Waals surface area contributed by atoms with Crippen molar-refractivity contribution in [1.82, 2.24) is 4.98 Å². The average molecular weight is 659 g/mol. The Morgan fingerprint density at radius 3 is 2.26 bits per heavy atom. The topological polar surface area (TPSA) is 63.3 Å². The molecule has 2 heterocycles. The van der Waals surface area contributed by atoms with Crippen LogP contribution in [0.2, 0.25) is 19.6 Å². The van der Waals surface area contributed by atoms with Gasteiger partial charge in [-0.15, -0.1) is 28.8 Å². The first-order valence-corrected chi connectivity index (χ1v) is 14.7. The number of hydrogen-bond donors (Lipinski definition) is 1. The van der Waals surface area contributed by atoms with Crippen molar-refractivity contribution in [2.45, 2.75) is 33.5 Å². The summed E-state index contributed by atoms with van der Waals surface area (Å²) < 4.78 is 5.83. The van der Waals surface area contributed by atoms with Gasteiger partial charge in [0.2, 0.25) is 0 Å². The van der Waals surface area contributed by atoms with Crippen LogP contribution in [0.1, 0.15) is 13.8 Å². The van der Waals surface area contributed by atoms with Crippen LogP contribution in [0.25, 0.3) is 43.9 Å². The number of fused-ring (bicyclic) bond motifs is 4. The third-order valence-corrected chi connectivity index (χ3v) is 7.58. The van der Waals surface area contributed by atoms with Crippen LogP contribution in [0, 0.1) is 6.07 Å². The number of para-hydroxylation sites is 1. The molecule has 0 saturated carbocycles. The van der Waals surface area contributed by atoms with Gasteiger partial charge in [0.25, 0.3) is 0 Å². The molecule has 4 nitrogen and oxygen atoms in total. The molecule has 5 aromatic rings. The van der Waals surface area contributed by atoms with Crippen molar-refractivity contribution in [3.63, 3.8) is 0 Å². The third-order valence-electron chi connectivity index (χ3n) is 5.55. The number of benzene rings is 3. The molecule has 1 N–H and O–H groups in total. The van der Waals surface area contributed by atoms with Gasteiger partial charge in [0, 0.05) is 42.6 Å². The number of hydrogen-bond acceptors (Lipinski definition) is 4. The second-order valence-electron chi connectivity index (χ2n) is 9.43. The zero-order valence-electron chi connectivity index (χ0n) is 20.5. The van der Waals surface area contributed by atoms with Crippen LogP contribution >= 0.6 is 0 Å². The third kappa shape index (κ3) is 5.79. The Morgan fingerprint density at radius 1 is 0.971 bits per heavy atom. The van der Waals surface area contributed by atoms with E-state index < -0.39 is 8.07 Å². The number of allylic oxidation sites excluding steroid dienone is 2. The fourth-order valence-corrected chi connectivity index (χ4v) is 5.73. The van der Waals surface area contributed by atoms with Crippen molar-refractivity contribution in [2.75, 3.05) is 0 Å². The molecule has 0 bridgehead atoms. The Balaban J connectivity index is 0.000000378. The average Bonchev–Trinajstić information content (AvgIpc) is 3.27. The Labute approximate surface area is 220 Å². The number of aliphatic hydroxyl groups excluding tert-OH is 1. The van der Waals surface area contributed by atoms with Crippen molar-refractivity contribution in [2.24, 2.45) is 0 Å². The minimum Gasteiger partial charge on any atom is -0.512 e. The molecule has 3 aromatic carbocycles. The Bertz CT molecular complexity index is 1540. The molecule has 0 atom stereocenters. The molecule has 0 aliphatic rings. The second-order valence-corrected chi connectivity index (χ2v) is 14.5. The summed E-state index contributed by atoms with van der Waals surface area (Å²) in [6.45, 7) is 10.0. The Hall–Kier alpha value is -3.05. The zero-order valence-corrected chi connectivity index (χ0v) is 23.9. The fraction of sp³-hybridized carbons (Fsp3) is 0.172. The predicted octanol–water partition coefficient (Wildman–Crippen LogP) is 7.18. The number of nitrogens with zero attached hydrogens (tertiary/aromatic N) is 1. The summed E-state index contributed by atoms with van der Waals surface area (Å²) >= 11 is 0. The molecule has 2 aromatic heterocycles. The van der Waals surface area contributed by atoms with E-state index in [-0.39, 0.29) is 31.6 Å². The molecular weight excluding hydrogens is 631 g/mol. The van der Waals surface area contributed by atoms with Gasteiger partial charge >= 0.3 is 0 Å². The van der Waals surface area contributed by atoms with E-state index in [1.54, 1.807) is 6.26 Å². The van der Waals surface area contributed by atoms with Gasteiger partial charge in [-0.2, -0.15) is 0 Å². The first kappa shape index (κ1) is 26.5. The van der Waals surface area contributed by atoms with Crippen LogP contribution in [0.3, 0.4) is 0 Å². The molecule has 0 spiro atoms. The number of pyridine rings is 1. The molecule has 5 rings (SSSR count). The maximum atomic E-state index is 10.0. The zero-order chi connectivity index (χ0) is 24.5. The quantitative estimate of drug-likeness (QED) is 0.0966. The van der Waals surface area contributed by atoms with Crippen molar-refractivity contribution in [3.8, 4) is 11.3 Å². The molecule has 0 aliphatic heterocycles. The SMILES string of the molecule is CC(=O)/C=C(/C)O.C[Si](C)(C)c1cc(-c2nc3ccccc3c3occc23)[c-]c2ccccc12.[Ir]. The van der Waals surface area contributed by atoms with Gasteiger partial charge < -0.3 is 9.52 Å². The summed E-state index contributed by atoms with van der Waals surface area (Å²) in [6, 6.07) is 24.6. The molecule has 181 valence electrons. The van der Waals surface area contributed by atoms with Crippen molar-refractivity contribution in [1.29, 1.82) is 0 Å². The molecule has 35 heavy (non-hydrogen) atoms. The van der Waals surface area contributed by atoms with Crippen LogP contribution in [0.15, 0.2) is 83.2 Å². The number of aromatic nitrogens is 1. The maximum Gasteiger partial charge on any atom is 0.155 e. The summed E-state index contributed by atoms with van der Waals surface area (Å²) in [5.74, 6) is -0.0625. The molecule has 1 radical (unpaired) electrons. The summed E-state index contributed by atoms with van der Waals surface area (Å²) in [4.78, 5) is 15.0. The normalized spacial score (nSPS) is 11.7. The summed E-state index contributed by atoms with van der Waals surface area (Å²) in [5.41, 5.74) is 3.84. The van der Waals surface area contributed by atoms with Crippen LogP contribution in [0.4, 0.5) is 0 Å². The number of aliphatic hydroxyl groups is 1. The molecule has 0 amide bonds. The Kier molecular flexibility index (Phi) is 8.11. The number of carbonyl (C=O) groups excluding carboxylic acids is 1. The van der Waals surface area contributed by atoms with E-state index in [1.165, 1.54) is 30.5 Å².